The maximum atomic E-state index is 14.0. The van der Waals surface area contributed by atoms with E-state index in [1.807, 2.05) is 52.0 Å². The zero-order valence-corrected chi connectivity index (χ0v) is 22.5. The second-order valence-corrected chi connectivity index (χ2v) is 12.7. The molecule has 1 N–H and O–H groups in total. The summed E-state index contributed by atoms with van der Waals surface area (Å²) >= 11 is 0. The lowest BCUT2D eigenvalue weighted by atomic mass is 9.90. The Kier molecular flexibility index (Phi) is 7.57. The lowest BCUT2D eigenvalue weighted by molar-refractivity contribution is -0.127. The molecule has 8 heteroatoms. The van der Waals surface area contributed by atoms with Crippen molar-refractivity contribution in [3.05, 3.63) is 54.1 Å². The van der Waals surface area contributed by atoms with Crippen LogP contribution >= 0.6 is 0 Å². The molecule has 1 saturated carbocycles. The molecule has 194 valence electrons. The quantitative estimate of drug-likeness (QED) is 0.620. The summed E-state index contributed by atoms with van der Waals surface area (Å²) in [6.07, 6.45) is 5.36. The molecular formula is C28H37N3O4S. The minimum atomic E-state index is -3.96. The number of nitrogens with one attached hydrogen (secondary N) is 1. The average molecular weight is 512 g/mol. The summed E-state index contributed by atoms with van der Waals surface area (Å²) in [4.78, 5) is 30.9. The van der Waals surface area contributed by atoms with E-state index in [1.54, 1.807) is 24.3 Å². The van der Waals surface area contributed by atoms with Crippen LogP contribution in [0.5, 0.6) is 0 Å². The topological polar surface area (TPSA) is 86.8 Å². The lowest BCUT2D eigenvalue weighted by Crippen LogP contribution is -2.54. The van der Waals surface area contributed by atoms with Gasteiger partial charge in [-0.1, -0.05) is 69.9 Å². The third kappa shape index (κ3) is 5.65. The van der Waals surface area contributed by atoms with Crippen molar-refractivity contribution in [1.29, 1.82) is 0 Å². The largest absolute Gasteiger partial charge is 0.365 e. The van der Waals surface area contributed by atoms with Crippen LogP contribution in [0, 0.1) is 12.3 Å². The van der Waals surface area contributed by atoms with Gasteiger partial charge in [-0.2, -0.15) is 4.72 Å². The van der Waals surface area contributed by atoms with E-state index in [1.165, 1.54) is 11.3 Å². The summed E-state index contributed by atoms with van der Waals surface area (Å²) in [6, 6.07) is 13.4. The number of carbonyl (C=O) groups is 2. The molecule has 4 rings (SSSR count). The Bertz CT molecular complexity index is 1210. The molecule has 1 aliphatic carbocycles. The Morgan fingerprint density at radius 1 is 0.972 bits per heavy atom. The third-order valence-electron chi connectivity index (χ3n) is 7.21. The Hall–Kier alpha value is -2.71. The Morgan fingerprint density at radius 2 is 1.58 bits per heavy atom. The van der Waals surface area contributed by atoms with Crippen LogP contribution in [0.15, 0.2) is 53.4 Å². The number of Topliss-reactive ketones (excluding diaryl/α,β-unsaturated/α-hetero) is 1. The molecule has 2 aromatic rings. The first kappa shape index (κ1) is 26.4. The summed E-state index contributed by atoms with van der Waals surface area (Å²) in [5.41, 5.74) is 1.84. The number of benzene rings is 2. The number of para-hydroxylation sites is 2. The molecule has 0 bridgehead atoms. The van der Waals surface area contributed by atoms with Gasteiger partial charge < -0.3 is 9.80 Å². The molecule has 1 atom stereocenters. The minimum Gasteiger partial charge on any atom is -0.365 e. The molecule has 1 heterocycles. The smallest absolute Gasteiger partial charge is 0.247 e. The van der Waals surface area contributed by atoms with Crippen LogP contribution < -0.4 is 14.5 Å². The molecule has 7 nitrogen and oxygen atoms in total. The van der Waals surface area contributed by atoms with Crippen LogP contribution in [-0.4, -0.2) is 45.3 Å². The molecular weight excluding hydrogens is 474 g/mol. The van der Waals surface area contributed by atoms with Gasteiger partial charge in [-0.15, -0.1) is 0 Å². The number of hydrogen-bond acceptors (Lipinski definition) is 5. The van der Waals surface area contributed by atoms with E-state index in [-0.39, 0.29) is 29.8 Å². The molecule has 0 unspecified atom stereocenters. The fourth-order valence-corrected chi connectivity index (χ4v) is 6.14. The summed E-state index contributed by atoms with van der Waals surface area (Å²) in [5, 5.41) is 0. The maximum absolute atomic E-state index is 14.0. The van der Waals surface area contributed by atoms with Crippen LogP contribution in [0.3, 0.4) is 0 Å². The Balaban J connectivity index is 1.76. The van der Waals surface area contributed by atoms with E-state index in [2.05, 4.69) is 9.62 Å². The van der Waals surface area contributed by atoms with Crippen molar-refractivity contribution in [2.24, 2.45) is 5.41 Å². The van der Waals surface area contributed by atoms with Gasteiger partial charge in [0.05, 0.1) is 22.8 Å². The van der Waals surface area contributed by atoms with Gasteiger partial charge >= 0.3 is 0 Å². The van der Waals surface area contributed by atoms with E-state index in [9.17, 15) is 18.0 Å². The molecule has 0 saturated heterocycles. The fourth-order valence-electron chi connectivity index (χ4n) is 4.96. The van der Waals surface area contributed by atoms with E-state index < -0.39 is 27.4 Å². The number of aryl methyl sites for hydroxylation is 1. The number of sulfonamides is 1. The number of nitrogens with zero attached hydrogens (tertiary/aromatic N) is 2. The maximum Gasteiger partial charge on any atom is 0.247 e. The summed E-state index contributed by atoms with van der Waals surface area (Å²) < 4.78 is 29.4. The molecule has 0 radical (unpaired) electrons. The zero-order valence-electron chi connectivity index (χ0n) is 21.7. The van der Waals surface area contributed by atoms with Gasteiger partial charge in [0, 0.05) is 18.0 Å². The van der Waals surface area contributed by atoms with Crippen molar-refractivity contribution >= 4 is 33.1 Å². The molecule has 0 aromatic heterocycles. The van der Waals surface area contributed by atoms with E-state index in [0.717, 1.165) is 36.9 Å². The summed E-state index contributed by atoms with van der Waals surface area (Å²) in [5.74, 6) is -0.494. The van der Waals surface area contributed by atoms with Crippen molar-refractivity contribution < 1.29 is 18.0 Å². The molecule has 1 fully saturated rings. The highest BCUT2D eigenvalue weighted by molar-refractivity contribution is 7.89. The number of carbonyl (C=O) groups excluding carboxylic acids is 2. The van der Waals surface area contributed by atoms with E-state index in [4.69, 9.17) is 0 Å². The first-order valence-corrected chi connectivity index (χ1v) is 14.2. The van der Waals surface area contributed by atoms with Crippen molar-refractivity contribution in [2.75, 3.05) is 22.9 Å². The van der Waals surface area contributed by atoms with Crippen molar-refractivity contribution in [3.63, 3.8) is 0 Å². The van der Waals surface area contributed by atoms with Crippen molar-refractivity contribution in [3.8, 4) is 0 Å². The zero-order chi connectivity index (χ0) is 26.1. The predicted molar refractivity (Wildman–Crippen MR) is 143 cm³/mol. The predicted octanol–water partition coefficient (Wildman–Crippen LogP) is 4.44. The van der Waals surface area contributed by atoms with Gasteiger partial charge in [-0.25, -0.2) is 8.42 Å². The Labute approximate surface area is 214 Å². The molecule has 2 aromatic carbocycles. The summed E-state index contributed by atoms with van der Waals surface area (Å²) in [7, 11) is -3.96. The number of rotatable bonds is 6. The van der Waals surface area contributed by atoms with Crippen LogP contribution in [0.25, 0.3) is 0 Å². The highest BCUT2D eigenvalue weighted by Crippen LogP contribution is 2.37. The average Bonchev–Trinajstić information content (AvgIpc) is 2.95. The number of amides is 1. The molecule has 0 spiro atoms. The standard InChI is InChI=1S/C28H37N3O4S/c1-20-14-16-22(17-15-20)36(34,35)29-23-18-30(21-10-6-5-7-11-21)24-12-8-9-13-25(24)31(27(23)33)19-26(32)28(2,3)4/h8-9,12-17,21,23,29H,5-7,10-11,18-19H2,1-4H3/t23-/m1/s1. The molecule has 1 aliphatic heterocycles. The number of anilines is 2. The second kappa shape index (κ2) is 10.3. The van der Waals surface area contributed by atoms with Gasteiger partial charge in [-0.05, 0) is 44.0 Å². The lowest BCUT2D eigenvalue weighted by Gasteiger charge is -2.37. The SMILES string of the molecule is Cc1ccc(S(=O)(=O)N[C@@H]2CN(C3CCCCC3)c3ccccc3N(CC(=O)C(C)(C)C)C2=O)cc1. The first-order chi connectivity index (χ1) is 17.0. The highest BCUT2D eigenvalue weighted by Gasteiger charge is 2.40. The molecule has 1 amide bonds. The van der Waals surface area contributed by atoms with Gasteiger partial charge in [0.1, 0.15) is 6.04 Å². The number of hydrogen-bond donors (Lipinski definition) is 1. The van der Waals surface area contributed by atoms with Crippen LogP contribution in [0.4, 0.5) is 11.4 Å². The van der Waals surface area contributed by atoms with E-state index in [0.29, 0.717) is 5.69 Å². The van der Waals surface area contributed by atoms with E-state index >= 15 is 0 Å². The number of ketones is 1. The van der Waals surface area contributed by atoms with Gasteiger partial charge in [0.2, 0.25) is 15.9 Å². The van der Waals surface area contributed by atoms with Crippen LogP contribution in [-0.2, 0) is 19.6 Å². The monoisotopic (exact) mass is 511 g/mol. The third-order valence-corrected chi connectivity index (χ3v) is 8.70. The normalized spacial score (nSPS) is 19.7. The minimum absolute atomic E-state index is 0.0862. The number of fused-ring (bicyclic) bond motifs is 1. The van der Waals surface area contributed by atoms with Crippen molar-refractivity contribution in [2.45, 2.75) is 76.8 Å². The molecule has 36 heavy (non-hydrogen) atoms. The van der Waals surface area contributed by atoms with Gasteiger partial charge in [0.25, 0.3) is 0 Å². The highest BCUT2D eigenvalue weighted by atomic mass is 32.2. The fraction of sp³-hybridized carbons (Fsp3) is 0.500. The molecule has 2 aliphatic rings. The van der Waals surface area contributed by atoms with Gasteiger partial charge in [0.15, 0.2) is 5.78 Å². The summed E-state index contributed by atoms with van der Waals surface area (Å²) in [6.45, 7) is 7.48. The first-order valence-electron chi connectivity index (χ1n) is 12.8. The van der Waals surface area contributed by atoms with Crippen LogP contribution in [0.1, 0.15) is 58.4 Å². The van der Waals surface area contributed by atoms with Crippen LogP contribution in [0.2, 0.25) is 0 Å². The Morgan fingerprint density at radius 3 is 2.19 bits per heavy atom. The second-order valence-electron chi connectivity index (χ2n) is 11.0. The van der Waals surface area contributed by atoms with Crippen molar-refractivity contribution in [1.82, 2.24) is 4.72 Å². The van der Waals surface area contributed by atoms with Gasteiger partial charge in [-0.3, -0.25) is 9.59 Å².